The third-order valence-corrected chi connectivity index (χ3v) is 2.30. The van der Waals surface area contributed by atoms with E-state index in [9.17, 15) is 0 Å². The fourth-order valence-electron chi connectivity index (χ4n) is 1.42. The Morgan fingerprint density at radius 1 is 0.765 bits per heavy atom. The van der Waals surface area contributed by atoms with Gasteiger partial charge in [0.25, 0.3) is 0 Å². The van der Waals surface area contributed by atoms with Crippen LogP contribution in [0.25, 0.3) is 11.1 Å². The molecule has 2 aromatic carbocycles. The first-order valence-electron chi connectivity index (χ1n) is 5.68. The SMILES string of the molecule is CNC.Cc1ccc(-c2ccc(N)cc2)cc1. The molecular weight excluding hydrogens is 208 g/mol. The van der Waals surface area contributed by atoms with Crippen LogP contribution in [0.5, 0.6) is 0 Å². The summed E-state index contributed by atoms with van der Waals surface area (Å²) in [5.41, 5.74) is 10.2. The first kappa shape index (κ1) is 13.3. The van der Waals surface area contributed by atoms with Crippen LogP contribution in [-0.4, -0.2) is 14.1 Å². The highest BCUT2D eigenvalue weighted by Crippen LogP contribution is 2.20. The lowest BCUT2D eigenvalue weighted by Gasteiger charge is -2.02. The number of rotatable bonds is 1. The lowest BCUT2D eigenvalue weighted by atomic mass is 10.0. The van der Waals surface area contributed by atoms with Crippen LogP contribution in [0.1, 0.15) is 5.56 Å². The van der Waals surface area contributed by atoms with Crippen molar-refractivity contribution >= 4 is 5.69 Å². The molecule has 0 aromatic heterocycles. The summed E-state index contributed by atoms with van der Waals surface area (Å²) < 4.78 is 0. The first-order valence-corrected chi connectivity index (χ1v) is 5.68. The van der Waals surface area contributed by atoms with Gasteiger partial charge < -0.3 is 11.1 Å². The highest BCUT2D eigenvalue weighted by molar-refractivity contribution is 5.65. The maximum absolute atomic E-state index is 5.63. The summed E-state index contributed by atoms with van der Waals surface area (Å²) in [6.45, 7) is 2.09. The summed E-state index contributed by atoms with van der Waals surface area (Å²) in [4.78, 5) is 0. The second-order valence-electron chi connectivity index (χ2n) is 3.99. The number of hydrogen-bond acceptors (Lipinski definition) is 2. The van der Waals surface area contributed by atoms with Crippen LogP contribution in [0.15, 0.2) is 48.5 Å². The van der Waals surface area contributed by atoms with E-state index in [-0.39, 0.29) is 0 Å². The molecule has 0 aliphatic rings. The summed E-state index contributed by atoms with van der Waals surface area (Å²) in [5, 5.41) is 2.75. The van der Waals surface area contributed by atoms with Crippen LogP contribution in [-0.2, 0) is 0 Å². The Labute approximate surface area is 103 Å². The van der Waals surface area contributed by atoms with Gasteiger partial charge in [-0.2, -0.15) is 0 Å². The van der Waals surface area contributed by atoms with Crippen LogP contribution in [0.4, 0.5) is 5.69 Å². The number of benzene rings is 2. The Bertz CT molecular complexity index is 386. The van der Waals surface area contributed by atoms with Gasteiger partial charge in [-0.05, 0) is 44.3 Å². The molecule has 0 fully saturated rings. The molecule has 0 radical (unpaired) electrons. The number of anilines is 1. The summed E-state index contributed by atoms with van der Waals surface area (Å²) in [6.07, 6.45) is 0. The molecule has 2 nitrogen and oxygen atoms in total. The second-order valence-corrected chi connectivity index (χ2v) is 3.99. The van der Waals surface area contributed by atoms with E-state index in [4.69, 9.17) is 5.73 Å². The van der Waals surface area contributed by atoms with Crippen LogP contribution < -0.4 is 11.1 Å². The van der Waals surface area contributed by atoms with Gasteiger partial charge in [0.05, 0.1) is 0 Å². The molecule has 0 aliphatic carbocycles. The van der Waals surface area contributed by atoms with E-state index in [0.717, 1.165) is 5.69 Å². The smallest absolute Gasteiger partial charge is 0.0314 e. The fraction of sp³-hybridized carbons (Fsp3) is 0.200. The lowest BCUT2D eigenvalue weighted by Crippen LogP contribution is -1.89. The van der Waals surface area contributed by atoms with Crippen molar-refractivity contribution in [3.63, 3.8) is 0 Å². The number of nitrogen functional groups attached to an aromatic ring is 1. The topological polar surface area (TPSA) is 38.0 Å². The van der Waals surface area contributed by atoms with E-state index in [1.54, 1.807) is 0 Å². The molecule has 0 bridgehead atoms. The monoisotopic (exact) mass is 228 g/mol. The summed E-state index contributed by atoms with van der Waals surface area (Å²) in [5.74, 6) is 0. The number of nitrogens with one attached hydrogen (secondary N) is 1. The zero-order valence-electron chi connectivity index (χ0n) is 10.7. The van der Waals surface area contributed by atoms with E-state index in [0.29, 0.717) is 0 Å². The summed E-state index contributed by atoms with van der Waals surface area (Å²) >= 11 is 0. The number of nitrogens with two attached hydrogens (primary N) is 1. The maximum atomic E-state index is 5.63. The van der Waals surface area contributed by atoms with Gasteiger partial charge in [-0.25, -0.2) is 0 Å². The molecule has 17 heavy (non-hydrogen) atoms. The number of hydrogen-bond donors (Lipinski definition) is 2. The van der Waals surface area contributed by atoms with Crippen molar-refractivity contribution in [3.05, 3.63) is 54.1 Å². The van der Waals surface area contributed by atoms with Crippen molar-refractivity contribution in [2.75, 3.05) is 19.8 Å². The van der Waals surface area contributed by atoms with Gasteiger partial charge >= 0.3 is 0 Å². The minimum atomic E-state index is 0.806. The zero-order valence-corrected chi connectivity index (χ0v) is 10.7. The Hall–Kier alpha value is -1.80. The molecule has 0 unspecified atom stereocenters. The van der Waals surface area contributed by atoms with Crippen LogP contribution in [0.3, 0.4) is 0 Å². The third kappa shape index (κ3) is 4.29. The minimum Gasteiger partial charge on any atom is -0.399 e. The van der Waals surface area contributed by atoms with Crippen molar-refractivity contribution in [2.45, 2.75) is 6.92 Å². The Kier molecular flexibility index (Phi) is 5.24. The van der Waals surface area contributed by atoms with Crippen molar-refractivity contribution in [1.29, 1.82) is 0 Å². The molecule has 0 spiro atoms. The van der Waals surface area contributed by atoms with Gasteiger partial charge in [-0.3, -0.25) is 0 Å². The van der Waals surface area contributed by atoms with E-state index in [2.05, 4.69) is 36.5 Å². The molecular formula is C15H20N2. The predicted octanol–water partition coefficient (Wildman–Crippen LogP) is 3.08. The van der Waals surface area contributed by atoms with Gasteiger partial charge in [0, 0.05) is 5.69 Å². The van der Waals surface area contributed by atoms with Crippen LogP contribution in [0, 0.1) is 6.92 Å². The van der Waals surface area contributed by atoms with Crippen LogP contribution >= 0.6 is 0 Å². The van der Waals surface area contributed by atoms with Gasteiger partial charge in [0.15, 0.2) is 0 Å². The van der Waals surface area contributed by atoms with E-state index in [1.165, 1.54) is 16.7 Å². The molecule has 0 aliphatic heterocycles. The molecule has 2 rings (SSSR count). The average molecular weight is 228 g/mol. The average Bonchev–Trinajstić information content (AvgIpc) is 2.32. The van der Waals surface area contributed by atoms with Gasteiger partial charge in [-0.15, -0.1) is 0 Å². The maximum Gasteiger partial charge on any atom is 0.0314 e. The lowest BCUT2D eigenvalue weighted by molar-refractivity contribution is 1.02. The quantitative estimate of drug-likeness (QED) is 0.736. The van der Waals surface area contributed by atoms with Gasteiger partial charge in [0.1, 0.15) is 0 Å². The molecule has 0 saturated carbocycles. The highest BCUT2D eigenvalue weighted by Gasteiger charge is 1.95. The Morgan fingerprint density at radius 2 is 1.12 bits per heavy atom. The fourth-order valence-corrected chi connectivity index (χ4v) is 1.42. The molecule has 0 atom stereocenters. The third-order valence-electron chi connectivity index (χ3n) is 2.30. The molecule has 0 saturated heterocycles. The second kappa shape index (κ2) is 6.71. The van der Waals surface area contributed by atoms with Crippen molar-refractivity contribution in [3.8, 4) is 11.1 Å². The van der Waals surface area contributed by atoms with E-state index >= 15 is 0 Å². The van der Waals surface area contributed by atoms with Crippen molar-refractivity contribution in [1.82, 2.24) is 5.32 Å². The van der Waals surface area contributed by atoms with Crippen molar-refractivity contribution < 1.29 is 0 Å². The Balaban J connectivity index is 0.000000437. The van der Waals surface area contributed by atoms with Gasteiger partial charge in [-0.1, -0.05) is 42.0 Å². The predicted molar refractivity (Wildman–Crippen MR) is 76.0 cm³/mol. The molecule has 90 valence electrons. The van der Waals surface area contributed by atoms with E-state index < -0.39 is 0 Å². The summed E-state index contributed by atoms with van der Waals surface area (Å²) in [7, 11) is 3.75. The molecule has 3 N–H and O–H groups in total. The summed E-state index contributed by atoms with van der Waals surface area (Å²) in [6, 6.07) is 16.4. The normalized spacial score (nSPS) is 9.35. The molecule has 0 amide bonds. The molecule has 2 heteroatoms. The molecule has 0 heterocycles. The highest BCUT2D eigenvalue weighted by atomic mass is 14.7. The van der Waals surface area contributed by atoms with Gasteiger partial charge in [0.2, 0.25) is 0 Å². The molecule has 2 aromatic rings. The largest absolute Gasteiger partial charge is 0.399 e. The number of aryl methyl sites for hydroxylation is 1. The van der Waals surface area contributed by atoms with Crippen LogP contribution in [0.2, 0.25) is 0 Å². The van der Waals surface area contributed by atoms with E-state index in [1.807, 2.05) is 38.4 Å². The standard InChI is InChI=1S/C13H13N.C2H7N/c1-10-2-4-11(5-3-10)12-6-8-13(14)9-7-12;1-3-2/h2-9H,14H2,1H3;3H,1-2H3. The Morgan fingerprint density at radius 3 is 1.53 bits per heavy atom. The first-order chi connectivity index (χ1) is 8.17. The zero-order chi connectivity index (χ0) is 12.7. The van der Waals surface area contributed by atoms with Crippen molar-refractivity contribution in [2.24, 2.45) is 0 Å². The minimum absolute atomic E-state index is 0.806.